The third-order valence-electron chi connectivity index (χ3n) is 3.10. The van der Waals surface area contributed by atoms with Crippen molar-refractivity contribution < 1.29 is 5.11 Å². The molecule has 0 aliphatic carbocycles. The van der Waals surface area contributed by atoms with Gasteiger partial charge >= 0.3 is 0 Å². The van der Waals surface area contributed by atoms with E-state index < -0.39 is 0 Å². The second kappa shape index (κ2) is 4.22. The average molecular weight is 229 g/mol. The molecule has 0 atom stereocenters. The monoisotopic (exact) mass is 229 g/mol. The Balaban J connectivity index is 1.98. The number of rotatable bonds is 1. The molecule has 0 radical (unpaired) electrons. The lowest BCUT2D eigenvalue weighted by atomic mass is 10.2. The highest BCUT2D eigenvalue weighted by Gasteiger charge is 2.11. The molecule has 2 aromatic rings. The molecule has 3 rings (SSSR count). The molecular weight excluding hydrogens is 214 g/mol. The van der Waals surface area contributed by atoms with Gasteiger partial charge in [0.1, 0.15) is 11.6 Å². The number of nitrogens with one attached hydrogen (secondary N) is 1. The molecule has 1 aliphatic heterocycles. The number of pyridine rings is 1. The van der Waals surface area contributed by atoms with Crippen LogP contribution in [0.1, 0.15) is 0 Å². The number of piperazine rings is 1. The molecule has 1 fully saturated rings. The highest BCUT2D eigenvalue weighted by Crippen LogP contribution is 2.21. The number of nitrogens with zero attached hydrogens (tertiary/aromatic N) is 2. The highest BCUT2D eigenvalue weighted by atomic mass is 16.3. The van der Waals surface area contributed by atoms with Crippen LogP contribution in [0.3, 0.4) is 0 Å². The fourth-order valence-corrected chi connectivity index (χ4v) is 2.17. The van der Waals surface area contributed by atoms with E-state index >= 15 is 0 Å². The lowest BCUT2D eigenvalue weighted by Crippen LogP contribution is -2.43. The summed E-state index contributed by atoms with van der Waals surface area (Å²) in [5.74, 6) is 1.30. The van der Waals surface area contributed by atoms with Crippen molar-refractivity contribution in [2.24, 2.45) is 0 Å². The average Bonchev–Trinajstić information content (AvgIpc) is 2.39. The van der Waals surface area contributed by atoms with Crippen molar-refractivity contribution in [2.45, 2.75) is 0 Å². The molecule has 0 saturated carbocycles. The van der Waals surface area contributed by atoms with Gasteiger partial charge in [-0.05, 0) is 30.3 Å². The number of hydrogen-bond donors (Lipinski definition) is 2. The van der Waals surface area contributed by atoms with Crippen LogP contribution in [-0.2, 0) is 0 Å². The molecule has 1 aromatic heterocycles. The Bertz CT molecular complexity index is 535. The topological polar surface area (TPSA) is 48.4 Å². The molecule has 0 amide bonds. The van der Waals surface area contributed by atoms with E-state index in [4.69, 9.17) is 0 Å². The summed E-state index contributed by atoms with van der Waals surface area (Å²) >= 11 is 0. The Morgan fingerprint density at radius 3 is 2.76 bits per heavy atom. The number of fused-ring (bicyclic) bond motifs is 1. The van der Waals surface area contributed by atoms with E-state index in [1.54, 1.807) is 12.1 Å². The third kappa shape index (κ3) is 2.03. The van der Waals surface area contributed by atoms with Gasteiger partial charge in [0.05, 0.1) is 5.52 Å². The molecule has 1 aliphatic rings. The molecule has 4 heteroatoms. The molecule has 1 aromatic carbocycles. The van der Waals surface area contributed by atoms with E-state index in [1.807, 2.05) is 18.2 Å². The first kappa shape index (κ1) is 10.4. The van der Waals surface area contributed by atoms with Crippen LogP contribution < -0.4 is 10.2 Å². The highest BCUT2D eigenvalue weighted by molar-refractivity contribution is 5.81. The fourth-order valence-electron chi connectivity index (χ4n) is 2.17. The van der Waals surface area contributed by atoms with Crippen molar-refractivity contribution in [3.05, 3.63) is 30.3 Å². The van der Waals surface area contributed by atoms with Crippen molar-refractivity contribution in [3.63, 3.8) is 0 Å². The van der Waals surface area contributed by atoms with Gasteiger partial charge in [0, 0.05) is 31.6 Å². The van der Waals surface area contributed by atoms with Crippen molar-refractivity contribution in [2.75, 3.05) is 31.1 Å². The minimum absolute atomic E-state index is 0.286. The first-order valence-electron chi connectivity index (χ1n) is 5.88. The molecule has 0 bridgehead atoms. The van der Waals surface area contributed by atoms with Gasteiger partial charge in [0.15, 0.2) is 0 Å². The van der Waals surface area contributed by atoms with Crippen LogP contribution >= 0.6 is 0 Å². The number of aromatic hydroxyl groups is 1. The third-order valence-corrected chi connectivity index (χ3v) is 3.10. The molecule has 1 saturated heterocycles. The zero-order chi connectivity index (χ0) is 11.7. The summed E-state index contributed by atoms with van der Waals surface area (Å²) in [5, 5.41) is 13.7. The second-order valence-electron chi connectivity index (χ2n) is 4.28. The van der Waals surface area contributed by atoms with Gasteiger partial charge in [-0.3, -0.25) is 0 Å². The number of aromatic nitrogens is 1. The molecule has 0 spiro atoms. The minimum Gasteiger partial charge on any atom is -0.508 e. The zero-order valence-electron chi connectivity index (χ0n) is 9.56. The van der Waals surface area contributed by atoms with E-state index in [0.717, 1.165) is 42.9 Å². The van der Waals surface area contributed by atoms with E-state index in [2.05, 4.69) is 15.2 Å². The summed E-state index contributed by atoms with van der Waals surface area (Å²) in [5.41, 5.74) is 0.929. The summed E-state index contributed by atoms with van der Waals surface area (Å²) in [7, 11) is 0. The van der Waals surface area contributed by atoms with Gasteiger partial charge in [-0.25, -0.2) is 4.98 Å². The molecule has 88 valence electrons. The van der Waals surface area contributed by atoms with E-state index in [1.165, 1.54) is 0 Å². The van der Waals surface area contributed by atoms with Gasteiger partial charge in [0.2, 0.25) is 0 Å². The lowest BCUT2D eigenvalue weighted by molar-refractivity contribution is 0.476. The Kier molecular flexibility index (Phi) is 2.57. The Hall–Kier alpha value is -1.81. The number of anilines is 1. The summed E-state index contributed by atoms with van der Waals surface area (Å²) in [4.78, 5) is 6.91. The van der Waals surface area contributed by atoms with Crippen molar-refractivity contribution in [3.8, 4) is 5.75 Å². The van der Waals surface area contributed by atoms with Gasteiger partial charge < -0.3 is 15.3 Å². The van der Waals surface area contributed by atoms with Gasteiger partial charge in [0.25, 0.3) is 0 Å². The molecular formula is C13H15N3O. The molecule has 2 N–H and O–H groups in total. The normalized spacial score (nSPS) is 16.4. The quantitative estimate of drug-likeness (QED) is 0.775. The van der Waals surface area contributed by atoms with Crippen molar-refractivity contribution in [1.82, 2.24) is 10.3 Å². The molecule has 2 heterocycles. The smallest absolute Gasteiger partial charge is 0.129 e. The zero-order valence-corrected chi connectivity index (χ0v) is 9.56. The summed E-state index contributed by atoms with van der Waals surface area (Å²) in [6.07, 6.45) is 0. The van der Waals surface area contributed by atoms with Crippen LogP contribution in [0, 0.1) is 0 Å². The number of phenols is 1. The lowest BCUT2D eigenvalue weighted by Gasteiger charge is -2.28. The molecule has 17 heavy (non-hydrogen) atoms. The maximum atomic E-state index is 9.40. The maximum Gasteiger partial charge on any atom is 0.129 e. The number of benzene rings is 1. The predicted octanol–water partition coefficient (Wildman–Crippen LogP) is 1.35. The number of hydrogen-bond acceptors (Lipinski definition) is 4. The van der Waals surface area contributed by atoms with Crippen molar-refractivity contribution in [1.29, 1.82) is 0 Å². The second-order valence-corrected chi connectivity index (χ2v) is 4.28. The van der Waals surface area contributed by atoms with Crippen LogP contribution in [-0.4, -0.2) is 36.3 Å². The van der Waals surface area contributed by atoms with E-state index in [0.29, 0.717) is 0 Å². The first-order chi connectivity index (χ1) is 8.33. The van der Waals surface area contributed by atoms with Gasteiger partial charge in [-0.1, -0.05) is 0 Å². The standard InChI is InChI=1S/C13H15N3O/c17-11-2-3-12-10(9-11)1-4-13(15-12)16-7-5-14-6-8-16/h1-4,9,14,17H,5-8H2. The first-order valence-corrected chi connectivity index (χ1v) is 5.88. The van der Waals surface area contributed by atoms with Crippen LogP contribution in [0.4, 0.5) is 5.82 Å². The predicted molar refractivity (Wildman–Crippen MR) is 68.5 cm³/mol. The van der Waals surface area contributed by atoms with Gasteiger partial charge in [-0.2, -0.15) is 0 Å². The maximum absolute atomic E-state index is 9.40. The Morgan fingerprint density at radius 2 is 1.94 bits per heavy atom. The Labute approximate surface area is 99.9 Å². The van der Waals surface area contributed by atoms with Crippen LogP contribution in [0.5, 0.6) is 5.75 Å². The van der Waals surface area contributed by atoms with Crippen LogP contribution in [0.25, 0.3) is 10.9 Å². The summed E-state index contributed by atoms with van der Waals surface area (Å²) in [6.45, 7) is 4.01. The fraction of sp³-hybridized carbons (Fsp3) is 0.308. The molecule has 4 nitrogen and oxygen atoms in total. The SMILES string of the molecule is Oc1ccc2nc(N3CCNCC3)ccc2c1. The summed E-state index contributed by atoms with van der Waals surface area (Å²) < 4.78 is 0. The van der Waals surface area contributed by atoms with Crippen molar-refractivity contribution >= 4 is 16.7 Å². The van der Waals surface area contributed by atoms with Gasteiger partial charge in [-0.15, -0.1) is 0 Å². The van der Waals surface area contributed by atoms with E-state index in [-0.39, 0.29) is 5.75 Å². The molecule has 0 unspecified atom stereocenters. The van der Waals surface area contributed by atoms with Crippen LogP contribution in [0.2, 0.25) is 0 Å². The Morgan fingerprint density at radius 1 is 1.12 bits per heavy atom. The largest absolute Gasteiger partial charge is 0.508 e. The summed E-state index contributed by atoms with van der Waals surface area (Å²) in [6, 6.07) is 9.31. The number of phenolic OH excluding ortho intramolecular Hbond substituents is 1. The van der Waals surface area contributed by atoms with E-state index in [9.17, 15) is 5.11 Å². The van der Waals surface area contributed by atoms with Crippen LogP contribution in [0.15, 0.2) is 30.3 Å². The minimum atomic E-state index is 0.286.